The van der Waals surface area contributed by atoms with Gasteiger partial charge in [-0.3, -0.25) is 0 Å². The molecule has 2 nitrogen and oxygen atoms in total. The van der Waals surface area contributed by atoms with Crippen LogP contribution in [0, 0.1) is 12.8 Å². The first-order chi connectivity index (χ1) is 6.66. The Morgan fingerprint density at radius 1 is 1.50 bits per heavy atom. The molecule has 1 unspecified atom stereocenters. The molecule has 0 spiro atoms. The molecule has 1 aromatic rings. The number of anilines is 1. The third-order valence-electron chi connectivity index (χ3n) is 2.34. The molecule has 1 aliphatic rings. The average molecular weight is 256 g/mol. The third-order valence-corrected chi connectivity index (χ3v) is 2.93. The van der Waals surface area contributed by atoms with E-state index in [4.69, 9.17) is 4.74 Å². The Bertz CT molecular complexity index is 351. The molecule has 0 aliphatic carbocycles. The van der Waals surface area contributed by atoms with Crippen molar-refractivity contribution in [3.63, 3.8) is 0 Å². The van der Waals surface area contributed by atoms with Crippen molar-refractivity contribution in [1.29, 1.82) is 0 Å². The Balaban J connectivity index is 2.40. The first-order valence-corrected chi connectivity index (χ1v) is 5.63. The van der Waals surface area contributed by atoms with Gasteiger partial charge in [0.25, 0.3) is 0 Å². The van der Waals surface area contributed by atoms with E-state index in [1.165, 1.54) is 5.56 Å². The molecule has 14 heavy (non-hydrogen) atoms. The fourth-order valence-corrected chi connectivity index (χ4v) is 2.26. The van der Waals surface area contributed by atoms with Crippen molar-refractivity contribution in [1.82, 2.24) is 0 Å². The summed E-state index contributed by atoms with van der Waals surface area (Å²) in [5.74, 6) is 1.49. The topological polar surface area (TPSA) is 21.3 Å². The molecule has 0 aromatic heterocycles. The van der Waals surface area contributed by atoms with Crippen LogP contribution < -0.4 is 10.1 Å². The highest BCUT2D eigenvalue weighted by atomic mass is 79.9. The van der Waals surface area contributed by atoms with E-state index in [1.54, 1.807) is 0 Å². The number of hydrogen-bond donors (Lipinski definition) is 1. The van der Waals surface area contributed by atoms with E-state index in [1.807, 2.05) is 0 Å². The van der Waals surface area contributed by atoms with Gasteiger partial charge in [0.15, 0.2) is 5.75 Å². The molecule has 0 saturated heterocycles. The molecule has 0 saturated carbocycles. The van der Waals surface area contributed by atoms with Gasteiger partial charge in [0.05, 0.1) is 16.8 Å². The summed E-state index contributed by atoms with van der Waals surface area (Å²) >= 11 is 3.52. The lowest BCUT2D eigenvalue weighted by Gasteiger charge is -2.10. The van der Waals surface area contributed by atoms with Crippen LogP contribution in [-0.2, 0) is 0 Å². The van der Waals surface area contributed by atoms with E-state index in [2.05, 4.69) is 47.2 Å². The Hall–Kier alpha value is -0.700. The summed E-state index contributed by atoms with van der Waals surface area (Å²) < 4.78 is 6.77. The van der Waals surface area contributed by atoms with Crippen LogP contribution in [-0.4, -0.2) is 13.2 Å². The molecule has 0 radical (unpaired) electrons. The smallest absolute Gasteiger partial charge is 0.156 e. The normalized spacial score (nSPS) is 20.4. The quantitative estimate of drug-likeness (QED) is 0.769. The van der Waals surface area contributed by atoms with Crippen molar-refractivity contribution >= 4 is 21.6 Å². The van der Waals surface area contributed by atoms with Crippen molar-refractivity contribution in [2.24, 2.45) is 5.92 Å². The molecule has 2 rings (SSSR count). The minimum Gasteiger partial charge on any atom is -0.490 e. The number of hydrogen-bond acceptors (Lipinski definition) is 2. The average Bonchev–Trinajstić information content (AvgIpc) is 2.28. The maximum Gasteiger partial charge on any atom is 0.156 e. The number of benzene rings is 1. The van der Waals surface area contributed by atoms with Gasteiger partial charge in [-0.15, -0.1) is 0 Å². The summed E-state index contributed by atoms with van der Waals surface area (Å²) in [5.41, 5.74) is 2.34. The van der Waals surface area contributed by atoms with E-state index in [0.29, 0.717) is 5.92 Å². The molecule has 0 bridgehead atoms. The second kappa shape index (κ2) is 3.81. The summed E-state index contributed by atoms with van der Waals surface area (Å²) in [6, 6.07) is 4.20. The highest BCUT2D eigenvalue weighted by Gasteiger charge is 2.15. The Morgan fingerprint density at radius 2 is 2.29 bits per heavy atom. The predicted molar refractivity (Wildman–Crippen MR) is 62.0 cm³/mol. The van der Waals surface area contributed by atoms with Crippen LogP contribution in [0.3, 0.4) is 0 Å². The zero-order valence-electron chi connectivity index (χ0n) is 8.43. The highest BCUT2D eigenvalue weighted by molar-refractivity contribution is 9.10. The first-order valence-electron chi connectivity index (χ1n) is 4.83. The van der Waals surface area contributed by atoms with Crippen LogP contribution in [0.4, 0.5) is 5.69 Å². The zero-order valence-corrected chi connectivity index (χ0v) is 10.0. The molecule has 1 heterocycles. The molecule has 0 fully saturated rings. The van der Waals surface area contributed by atoms with Gasteiger partial charge in [-0.2, -0.15) is 0 Å². The molecule has 1 aliphatic heterocycles. The third kappa shape index (κ3) is 1.87. The molecule has 0 amide bonds. The van der Waals surface area contributed by atoms with Gasteiger partial charge in [-0.25, -0.2) is 0 Å². The first kappa shape index (κ1) is 9.84. The molecule has 1 atom stereocenters. The number of halogens is 1. The van der Waals surface area contributed by atoms with Crippen molar-refractivity contribution in [2.75, 3.05) is 18.5 Å². The van der Waals surface area contributed by atoms with Crippen LogP contribution in [0.5, 0.6) is 5.75 Å². The van der Waals surface area contributed by atoms with Crippen LogP contribution in [0.2, 0.25) is 0 Å². The monoisotopic (exact) mass is 255 g/mol. The van der Waals surface area contributed by atoms with Crippen molar-refractivity contribution < 1.29 is 4.74 Å². The second-order valence-electron chi connectivity index (χ2n) is 3.92. The standard InChI is InChI=1S/C11H14BrNO/c1-7-3-9(12)11-10(4-7)13-5-8(2)6-14-11/h3-4,8,13H,5-6H2,1-2H3. The number of nitrogens with one attached hydrogen (secondary N) is 1. The van der Waals surface area contributed by atoms with Crippen LogP contribution in [0.15, 0.2) is 16.6 Å². The van der Waals surface area contributed by atoms with Gasteiger partial charge in [-0.05, 0) is 40.5 Å². The number of ether oxygens (including phenoxy) is 1. The largest absolute Gasteiger partial charge is 0.490 e. The summed E-state index contributed by atoms with van der Waals surface area (Å²) in [4.78, 5) is 0. The summed E-state index contributed by atoms with van der Waals surface area (Å²) in [6.07, 6.45) is 0. The van der Waals surface area contributed by atoms with Gasteiger partial charge < -0.3 is 10.1 Å². The SMILES string of the molecule is Cc1cc(Br)c2c(c1)NCC(C)CO2. The maximum atomic E-state index is 5.74. The molecule has 76 valence electrons. The lowest BCUT2D eigenvalue weighted by molar-refractivity contribution is 0.274. The minimum absolute atomic E-state index is 0.551. The molecular weight excluding hydrogens is 242 g/mol. The van der Waals surface area contributed by atoms with Crippen molar-refractivity contribution in [2.45, 2.75) is 13.8 Å². The Kier molecular flexibility index (Phi) is 2.68. The van der Waals surface area contributed by atoms with E-state index in [0.717, 1.165) is 29.1 Å². The fourth-order valence-electron chi connectivity index (χ4n) is 1.58. The number of aryl methyl sites for hydroxylation is 1. The zero-order chi connectivity index (χ0) is 10.1. The van der Waals surface area contributed by atoms with E-state index < -0.39 is 0 Å². The predicted octanol–water partition coefficient (Wildman–Crippen LogP) is 3.20. The van der Waals surface area contributed by atoms with Gasteiger partial charge in [0.1, 0.15) is 0 Å². The van der Waals surface area contributed by atoms with E-state index in [-0.39, 0.29) is 0 Å². The van der Waals surface area contributed by atoms with E-state index >= 15 is 0 Å². The Morgan fingerprint density at radius 3 is 3.07 bits per heavy atom. The molecule has 3 heteroatoms. The van der Waals surface area contributed by atoms with Crippen molar-refractivity contribution in [3.05, 3.63) is 22.2 Å². The maximum absolute atomic E-state index is 5.74. The summed E-state index contributed by atoms with van der Waals surface area (Å²) in [6.45, 7) is 6.02. The summed E-state index contributed by atoms with van der Waals surface area (Å²) in [7, 11) is 0. The van der Waals surface area contributed by atoms with Crippen LogP contribution in [0.1, 0.15) is 12.5 Å². The van der Waals surface area contributed by atoms with Gasteiger partial charge in [0.2, 0.25) is 0 Å². The fraction of sp³-hybridized carbons (Fsp3) is 0.455. The minimum atomic E-state index is 0.551. The number of fused-ring (bicyclic) bond motifs is 1. The molecular formula is C11H14BrNO. The van der Waals surface area contributed by atoms with Crippen molar-refractivity contribution in [3.8, 4) is 5.75 Å². The van der Waals surface area contributed by atoms with Crippen LogP contribution >= 0.6 is 15.9 Å². The van der Waals surface area contributed by atoms with Gasteiger partial charge in [0, 0.05) is 12.5 Å². The summed E-state index contributed by atoms with van der Waals surface area (Å²) in [5, 5.41) is 3.40. The lowest BCUT2D eigenvalue weighted by atomic mass is 10.2. The molecule has 1 aromatic carbocycles. The highest BCUT2D eigenvalue weighted by Crippen LogP contribution is 2.36. The Labute approximate surface area is 92.8 Å². The van der Waals surface area contributed by atoms with E-state index in [9.17, 15) is 0 Å². The second-order valence-corrected chi connectivity index (χ2v) is 4.77. The van der Waals surface area contributed by atoms with Crippen LogP contribution in [0.25, 0.3) is 0 Å². The molecule has 1 N–H and O–H groups in total. The van der Waals surface area contributed by atoms with Gasteiger partial charge >= 0.3 is 0 Å². The number of rotatable bonds is 0. The van der Waals surface area contributed by atoms with Gasteiger partial charge in [-0.1, -0.05) is 6.92 Å². The lowest BCUT2D eigenvalue weighted by Crippen LogP contribution is -2.13.